The van der Waals surface area contributed by atoms with Gasteiger partial charge in [-0.25, -0.2) is 12.7 Å². The average Bonchev–Trinajstić information content (AvgIpc) is 2.98. The van der Waals surface area contributed by atoms with Crippen molar-refractivity contribution >= 4 is 27.1 Å². The standard InChI is InChI=1S/C15H17NO3S2/c1-12(17)13-5-7-15(8-6-13)21(18,19)16(2)10-9-14-4-3-11-20-14/h3-8,11H,9-10H2,1-2H3. The highest BCUT2D eigenvalue weighted by Gasteiger charge is 2.20. The van der Waals surface area contributed by atoms with Gasteiger partial charge in [0.25, 0.3) is 0 Å². The van der Waals surface area contributed by atoms with Crippen molar-refractivity contribution in [1.29, 1.82) is 0 Å². The number of nitrogens with zero attached hydrogens (tertiary/aromatic N) is 1. The SMILES string of the molecule is CC(=O)c1ccc(S(=O)(=O)N(C)CCc2cccs2)cc1. The van der Waals surface area contributed by atoms with E-state index in [-0.39, 0.29) is 10.7 Å². The molecule has 0 fully saturated rings. The molecule has 0 aliphatic heterocycles. The van der Waals surface area contributed by atoms with Crippen LogP contribution in [0, 0.1) is 0 Å². The molecular weight excluding hydrogens is 306 g/mol. The minimum atomic E-state index is -3.51. The van der Waals surface area contributed by atoms with Gasteiger partial charge in [-0.2, -0.15) is 0 Å². The number of Topliss-reactive ketones (excluding diaryl/α,β-unsaturated/α-hetero) is 1. The number of carbonyl (C=O) groups excluding carboxylic acids is 1. The summed E-state index contributed by atoms with van der Waals surface area (Å²) in [5.74, 6) is -0.0787. The van der Waals surface area contributed by atoms with Crippen LogP contribution in [-0.2, 0) is 16.4 Å². The number of rotatable bonds is 6. The topological polar surface area (TPSA) is 54.5 Å². The van der Waals surface area contributed by atoms with E-state index in [1.54, 1.807) is 30.5 Å². The molecule has 1 heterocycles. The van der Waals surface area contributed by atoms with Crippen molar-refractivity contribution in [3.8, 4) is 0 Å². The van der Waals surface area contributed by atoms with E-state index in [4.69, 9.17) is 0 Å². The highest BCUT2D eigenvalue weighted by molar-refractivity contribution is 7.89. The number of sulfonamides is 1. The number of hydrogen-bond acceptors (Lipinski definition) is 4. The molecule has 21 heavy (non-hydrogen) atoms. The summed E-state index contributed by atoms with van der Waals surface area (Å²) in [6.45, 7) is 1.88. The van der Waals surface area contributed by atoms with Crippen LogP contribution in [0.2, 0.25) is 0 Å². The molecule has 6 heteroatoms. The zero-order valence-electron chi connectivity index (χ0n) is 11.9. The summed E-state index contributed by atoms with van der Waals surface area (Å²) in [4.78, 5) is 12.6. The Kier molecular flexibility index (Phi) is 4.92. The molecule has 0 atom stereocenters. The number of hydrogen-bond donors (Lipinski definition) is 0. The Labute approximate surface area is 129 Å². The fourth-order valence-electron chi connectivity index (χ4n) is 1.88. The lowest BCUT2D eigenvalue weighted by Gasteiger charge is -2.16. The third kappa shape index (κ3) is 3.78. The summed E-state index contributed by atoms with van der Waals surface area (Å²) in [5.41, 5.74) is 0.509. The van der Waals surface area contributed by atoms with E-state index in [0.29, 0.717) is 18.5 Å². The van der Waals surface area contributed by atoms with E-state index < -0.39 is 10.0 Å². The van der Waals surface area contributed by atoms with Crippen LogP contribution in [0.1, 0.15) is 22.2 Å². The summed E-state index contributed by atoms with van der Waals surface area (Å²) in [6, 6.07) is 9.99. The number of likely N-dealkylation sites (N-methyl/N-ethyl adjacent to an activating group) is 1. The van der Waals surface area contributed by atoms with Gasteiger partial charge < -0.3 is 0 Å². The fourth-order valence-corrected chi connectivity index (χ4v) is 3.75. The van der Waals surface area contributed by atoms with Gasteiger partial charge in [0.2, 0.25) is 10.0 Å². The van der Waals surface area contributed by atoms with E-state index in [0.717, 1.165) is 4.88 Å². The van der Waals surface area contributed by atoms with Crippen molar-refractivity contribution in [3.63, 3.8) is 0 Å². The van der Waals surface area contributed by atoms with Crippen molar-refractivity contribution in [3.05, 3.63) is 52.2 Å². The van der Waals surface area contributed by atoms with Crippen molar-refractivity contribution in [2.75, 3.05) is 13.6 Å². The Morgan fingerprint density at radius 1 is 1.19 bits per heavy atom. The summed E-state index contributed by atoms with van der Waals surface area (Å²) in [7, 11) is -1.94. The Morgan fingerprint density at radius 2 is 1.86 bits per heavy atom. The largest absolute Gasteiger partial charge is 0.295 e. The van der Waals surface area contributed by atoms with Crippen LogP contribution in [0.25, 0.3) is 0 Å². The second-order valence-corrected chi connectivity index (χ2v) is 7.81. The van der Waals surface area contributed by atoms with Gasteiger partial charge >= 0.3 is 0 Å². The number of ketones is 1. The van der Waals surface area contributed by atoms with Gasteiger partial charge in [0, 0.05) is 24.0 Å². The third-order valence-corrected chi connectivity index (χ3v) is 6.03. The molecule has 1 aromatic heterocycles. The molecule has 2 aromatic rings. The molecule has 4 nitrogen and oxygen atoms in total. The van der Waals surface area contributed by atoms with E-state index >= 15 is 0 Å². The van der Waals surface area contributed by atoms with E-state index in [9.17, 15) is 13.2 Å². The first-order chi connectivity index (χ1) is 9.91. The summed E-state index contributed by atoms with van der Waals surface area (Å²) in [6.07, 6.45) is 0.693. The maximum Gasteiger partial charge on any atom is 0.242 e. The van der Waals surface area contributed by atoms with Gasteiger partial charge in [-0.1, -0.05) is 18.2 Å². The minimum absolute atomic E-state index is 0.0787. The molecule has 0 amide bonds. The molecule has 0 radical (unpaired) electrons. The Balaban J connectivity index is 2.10. The van der Waals surface area contributed by atoms with E-state index in [2.05, 4.69) is 0 Å². The molecule has 0 saturated heterocycles. The molecule has 0 spiro atoms. The molecular formula is C15H17NO3S2. The van der Waals surface area contributed by atoms with Crippen LogP contribution in [-0.4, -0.2) is 32.1 Å². The van der Waals surface area contributed by atoms with Crippen LogP contribution < -0.4 is 0 Å². The van der Waals surface area contributed by atoms with Gasteiger partial charge in [0.05, 0.1) is 4.90 Å². The van der Waals surface area contributed by atoms with Gasteiger partial charge in [-0.3, -0.25) is 4.79 Å². The van der Waals surface area contributed by atoms with Gasteiger partial charge in [-0.15, -0.1) is 11.3 Å². The Bertz CT molecular complexity index is 704. The fraction of sp³-hybridized carbons (Fsp3) is 0.267. The maximum atomic E-state index is 12.4. The molecule has 0 aliphatic rings. The molecule has 112 valence electrons. The molecule has 0 unspecified atom stereocenters. The molecule has 1 aromatic carbocycles. The zero-order valence-corrected chi connectivity index (χ0v) is 13.6. The highest BCUT2D eigenvalue weighted by atomic mass is 32.2. The van der Waals surface area contributed by atoms with Gasteiger partial charge in [0.1, 0.15) is 0 Å². The van der Waals surface area contributed by atoms with Crippen molar-refractivity contribution in [2.24, 2.45) is 0 Å². The summed E-state index contributed by atoms with van der Waals surface area (Å²) < 4.78 is 26.2. The molecule has 2 rings (SSSR count). The quantitative estimate of drug-likeness (QED) is 0.768. The predicted molar refractivity (Wildman–Crippen MR) is 84.3 cm³/mol. The summed E-state index contributed by atoms with van der Waals surface area (Å²) >= 11 is 1.62. The first-order valence-electron chi connectivity index (χ1n) is 6.51. The average molecular weight is 323 g/mol. The zero-order chi connectivity index (χ0) is 15.5. The highest BCUT2D eigenvalue weighted by Crippen LogP contribution is 2.17. The first-order valence-corrected chi connectivity index (χ1v) is 8.83. The van der Waals surface area contributed by atoms with Gasteiger partial charge in [-0.05, 0) is 36.9 Å². The van der Waals surface area contributed by atoms with Crippen LogP contribution in [0.4, 0.5) is 0 Å². The molecule has 0 aliphatic carbocycles. The molecule has 0 bridgehead atoms. The van der Waals surface area contributed by atoms with E-state index in [1.807, 2.05) is 17.5 Å². The Morgan fingerprint density at radius 3 is 2.38 bits per heavy atom. The number of benzene rings is 1. The maximum absolute atomic E-state index is 12.4. The van der Waals surface area contributed by atoms with E-state index in [1.165, 1.54) is 23.4 Å². The smallest absolute Gasteiger partial charge is 0.242 e. The number of carbonyl (C=O) groups is 1. The summed E-state index contributed by atoms with van der Waals surface area (Å²) in [5, 5.41) is 1.98. The van der Waals surface area contributed by atoms with Gasteiger partial charge in [0.15, 0.2) is 5.78 Å². The second-order valence-electron chi connectivity index (χ2n) is 4.74. The number of thiophene rings is 1. The van der Waals surface area contributed by atoms with Crippen LogP contribution in [0.3, 0.4) is 0 Å². The lowest BCUT2D eigenvalue weighted by atomic mass is 10.2. The van der Waals surface area contributed by atoms with Crippen molar-refractivity contribution < 1.29 is 13.2 Å². The van der Waals surface area contributed by atoms with Crippen molar-refractivity contribution in [1.82, 2.24) is 4.31 Å². The monoisotopic (exact) mass is 323 g/mol. The first kappa shape index (κ1) is 15.9. The molecule has 0 saturated carbocycles. The van der Waals surface area contributed by atoms with Crippen LogP contribution in [0.5, 0.6) is 0 Å². The lowest BCUT2D eigenvalue weighted by Crippen LogP contribution is -2.28. The predicted octanol–water partition coefficient (Wildman–Crippen LogP) is 2.81. The third-order valence-electron chi connectivity index (χ3n) is 3.22. The van der Waals surface area contributed by atoms with Crippen molar-refractivity contribution in [2.45, 2.75) is 18.2 Å². The minimum Gasteiger partial charge on any atom is -0.295 e. The second kappa shape index (κ2) is 6.51. The normalized spacial score (nSPS) is 11.8. The molecule has 0 N–H and O–H groups in total. The lowest BCUT2D eigenvalue weighted by molar-refractivity contribution is 0.101. The van der Waals surface area contributed by atoms with Crippen LogP contribution >= 0.6 is 11.3 Å². The van der Waals surface area contributed by atoms with Crippen LogP contribution in [0.15, 0.2) is 46.7 Å². The Hall–Kier alpha value is -1.50.